The fourth-order valence-corrected chi connectivity index (χ4v) is 1.92. The lowest BCUT2D eigenvalue weighted by molar-refractivity contribution is 1.12. The van der Waals surface area contributed by atoms with Crippen LogP contribution in [0.1, 0.15) is 27.8 Å². The highest BCUT2D eigenvalue weighted by molar-refractivity contribution is 5.44. The molecule has 2 aromatic rings. The fourth-order valence-electron chi connectivity index (χ4n) is 1.92. The summed E-state index contributed by atoms with van der Waals surface area (Å²) in [5.74, 6) is 0.633. The minimum Gasteiger partial charge on any atom is -0.383 e. The maximum atomic E-state index is 5.89. The van der Waals surface area contributed by atoms with Crippen LogP contribution in [0.15, 0.2) is 30.5 Å². The largest absolute Gasteiger partial charge is 0.383 e. The predicted octanol–water partition coefficient (Wildman–Crippen LogP) is 3.18. The number of aromatic nitrogens is 1. The van der Waals surface area contributed by atoms with Crippen LogP contribution in [0.25, 0.3) is 0 Å². The second-order valence-electron chi connectivity index (χ2n) is 4.65. The summed E-state index contributed by atoms with van der Waals surface area (Å²) in [4.78, 5) is 4.19. The molecular weight excluding hydrogens is 208 g/mol. The summed E-state index contributed by atoms with van der Waals surface area (Å²) in [6.07, 6.45) is 2.65. The van der Waals surface area contributed by atoms with Crippen LogP contribution in [0.5, 0.6) is 0 Å². The molecule has 2 rings (SSSR count). The summed E-state index contributed by atoms with van der Waals surface area (Å²) in [7, 11) is 0. The van der Waals surface area contributed by atoms with Gasteiger partial charge < -0.3 is 5.73 Å². The Morgan fingerprint density at radius 1 is 1.06 bits per heavy atom. The molecule has 2 nitrogen and oxygen atoms in total. The number of nitrogen functional groups attached to an aromatic ring is 1. The van der Waals surface area contributed by atoms with Crippen molar-refractivity contribution in [2.45, 2.75) is 27.2 Å². The van der Waals surface area contributed by atoms with Crippen LogP contribution in [0.4, 0.5) is 5.82 Å². The number of benzene rings is 1. The van der Waals surface area contributed by atoms with Crippen molar-refractivity contribution in [3.8, 4) is 0 Å². The third kappa shape index (κ3) is 2.64. The SMILES string of the molecule is Cc1cnc(N)c(Cc2ccc(C)c(C)c2)c1. The van der Waals surface area contributed by atoms with Crippen LogP contribution in [-0.2, 0) is 6.42 Å². The molecule has 0 aliphatic heterocycles. The summed E-state index contributed by atoms with van der Waals surface area (Å²) in [6, 6.07) is 8.64. The van der Waals surface area contributed by atoms with Crippen LogP contribution in [0.2, 0.25) is 0 Å². The van der Waals surface area contributed by atoms with Crippen LogP contribution in [-0.4, -0.2) is 4.98 Å². The number of nitrogens with two attached hydrogens (primary N) is 1. The number of hydrogen-bond donors (Lipinski definition) is 1. The lowest BCUT2D eigenvalue weighted by Crippen LogP contribution is -1.99. The second kappa shape index (κ2) is 4.58. The molecule has 0 aliphatic rings. The number of pyridine rings is 1. The highest BCUT2D eigenvalue weighted by atomic mass is 14.8. The van der Waals surface area contributed by atoms with E-state index in [1.54, 1.807) is 6.20 Å². The van der Waals surface area contributed by atoms with Crippen molar-refractivity contribution < 1.29 is 0 Å². The molecular formula is C15H18N2. The number of anilines is 1. The summed E-state index contributed by atoms with van der Waals surface area (Å²) in [6.45, 7) is 6.30. The number of hydrogen-bond acceptors (Lipinski definition) is 2. The van der Waals surface area contributed by atoms with E-state index in [0.29, 0.717) is 5.82 Å². The van der Waals surface area contributed by atoms with E-state index in [4.69, 9.17) is 5.73 Å². The van der Waals surface area contributed by atoms with Gasteiger partial charge in [0, 0.05) is 12.6 Å². The van der Waals surface area contributed by atoms with Crippen LogP contribution >= 0.6 is 0 Å². The van der Waals surface area contributed by atoms with E-state index < -0.39 is 0 Å². The average molecular weight is 226 g/mol. The smallest absolute Gasteiger partial charge is 0.126 e. The van der Waals surface area contributed by atoms with Gasteiger partial charge >= 0.3 is 0 Å². The molecule has 1 aromatic carbocycles. The highest BCUT2D eigenvalue weighted by Crippen LogP contribution is 2.18. The average Bonchev–Trinajstić information content (AvgIpc) is 2.29. The Morgan fingerprint density at radius 3 is 2.53 bits per heavy atom. The minimum atomic E-state index is 0.633. The van der Waals surface area contributed by atoms with Crippen molar-refractivity contribution in [3.05, 3.63) is 58.3 Å². The maximum Gasteiger partial charge on any atom is 0.126 e. The van der Waals surface area contributed by atoms with E-state index in [1.807, 2.05) is 6.92 Å². The monoisotopic (exact) mass is 226 g/mol. The van der Waals surface area contributed by atoms with Gasteiger partial charge in [-0.3, -0.25) is 0 Å². The van der Waals surface area contributed by atoms with Crippen molar-refractivity contribution in [1.29, 1.82) is 0 Å². The third-order valence-corrected chi connectivity index (χ3v) is 3.10. The molecule has 0 spiro atoms. The Bertz CT molecular complexity index is 545. The van der Waals surface area contributed by atoms with Gasteiger partial charge in [0.05, 0.1) is 0 Å². The van der Waals surface area contributed by atoms with Gasteiger partial charge in [0.2, 0.25) is 0 Å². The van der Waals surface area contributed by atoms with Gasteiger partial charge in [-0.2, -0.15) is 0 Å². The lowest BCUT2D eigenvalue weighted by atomic mass is 10.0. The molecule has 2 N–H and O–H groups in total. The predicted molar refractivity (Wildman–Crippen MR) is 72.1 cm³/mol. The molecule has 0 fully saturated rings. The summed E-state index contributed by atoms with van der Waals surface area (Å²) in [5.41, 5.74) is 12.1. The number of rotatable bonds is 2. The van der Waals surface area contributed by atoms with Crippen molar-refractivity contribution in [2.75, 3.05) is 5.73 Å². The molecule has 0 bridgehead atoms. The van der Waals surface area contributed by atoms with Crippen LogP contribution < -0.4 is 5.73 Å². The van der Waals surface area contributed by atoms with E-state index in [0.717, 1.165) is 17.5 Å². The third-order valence-electron chi connectivity index (χ3n) is 3.10. The molecule has 88 valence electrons. The van der Waals surface area contributed by atoms with Gasteiger partial charge in [-0.05, 0) is 48.6 Å². The Morgan fingerprint density at radius 2 is 1.82 bits per heavy atom. The van der Waals surface area contributed by atoms with E-state index >= 15 is 0 Å². The van der Waals surface area contributed by atoms with Gasteiger partial charge in [-0.1, -0.05) is 24.3 Å². The van der Waals surface area contributed by atoms with Crippen molar-refractivity contribution in [2.24, 2.45) is 0 Å². The van der Waals surface area contributed by atoms with E-state index in [9.17, 15) is 0 Å². The van der Waals surface area contributed by atoms with E-state index in [1.165, 1.54) is 16.7 Å². The molecule has 0 unspecified atom stereocenters. The van der Waals surface area contributed by atoms with Gasteiger partial charge in [0.1, 0.15) is 5.82 Å². The molecule has 1 aromatic heterocycles. The molecule has 0 saturated heterocycles. The first-order valence-corrected chi connectivity index (χ1v) is 5.83. The first-order chi connectivity index (χ1) is 8.06. The van der Waals surface area contributed by atoms with Crippen LogP contribution in [0, 0.1) is 20.8 Å². The zero-order valence-electron chi connectivity index (χ0n) is 10.6. The number of nitrogens with zero attached hydrogens (tertiary/aromatic N) is 1. The van der Waals surface area contributed by atoms with E-state index in [2.05, 4.69) is 43.1 Å². The summed E-state index contributed by atoms with van der Waals surface area (Å²) >= 11 is 0. The summed E-state index contributed by atoms with van der Waals surface area (Å²) < 4.78 is 0. The molecule has 0 saturated carbocycles. The van der Waals surface area contributed by atoms with Gasteiger partial charge in [-0.15, -0.1) is 0 Å². The highest BCUT2D eigenvalue weighted by Gasteiger charge is 2.03. The van der Waals surface area contributed by atoms with Crippen LogP contribution in [0.3, 0.4) is 0 Å². The second-order valence-corrected chi connectivity index (χ2v) is 4.65. The zero-order chi connectivity index (χ0) is 12.4. The topological polar surface area (TPSA) is 38.9 Å². The Hall–Kier alpha value is -1.83. The molecule has 0 aliphatic carbocycles. The zero-order valence-corrected chi connectivity index (χ0v) is 10.6. The Balaban J connectivity index is 2.31. The quantitative estimate of drug-likeness (QED) is 0.854. The fraction of sp³-hybridized carbons (Fsp3) is 0.267. The van der Waals surface area contributed by atoms with E-state index in [-0.39, 0.29) is 0 Å². The van der Waals surface area contributed by atoms with Gasteiger partial charge in [0.25, 0.3) is 0 Å². The minimum absolute atomic E-state index is 0.633. The Kier molecular flexibility index (Phi) is 3.14. The molecule has 0 amide bonds. The maximum absolute atomic E-state index is 5.89. The molecule has 0 atom stereocenters. The summed E-state index contributed by atoms with van der Waals surface area (Å²) in [5, 5.41) is 0. The van der Waals surface area contributed by atoms with Crippen molar-refractivity contribution in [1.82, 2.24) is 4.98 Å². The molecule has 2 heteroatoms. The molecule has 0 radical (unpaired) electrons. The molecule has 1 heterocycles. The van der Waals surface area contributed by atoms with Gasteiger partial charge in [-0.25, -0.2) is 4.98 Å². The van der Waals surface area contributed by atoms with Crippen molar-refractivity contribution in [3.63, 3.8) is 0 Å². The first kappa shape index (κ1) is 11.6. The van der Waals surface area contributed by atoms with Crippen molar-refractivity contribution >= 4 is 5.82 Å². The van der Waals surface area contributed by atoms with Gasteiger partial charge in [0.15, 0.2) is 0 Å². The standard InChI is InChI=1S/C15H18N2/c1-10-6-14(15(16)17-9-10)8-13-5-4-11(2)12(3)7-13/h4-7,9H,8H2,1-3H3,(H2,16,17). The Labute approximate surface area is 103 Å². The first-order valence-electron chi connectivity index (χ1n) is 5.83. The normalized spacial score (nSPS) is 10.5. The lowest BCUT2D eigenvalue weighted by Gasteiger charge is -2.08. The molecule has 17 heavy (non-hydrogen) atoms. The number of aryl methyl sites for hydroxylation is 3.